The summed E-state index contributed by atoms with van der Waals surface area (Å²) in [5.74, 6) is -0.0104. The van der Waals surface area contributed by atoms with Gasteiger partial charge in [-0.2, -0.15) is 0 Å². The number of carbonyl (C=O) groups excluding carboxylic acids is 2. The normalized spacial score (nSPS) is 21.5. The first-order valence-corrected chi connectivity index (χ1v) is 9.88. The van der Waals surface area contributed by atoms with Crippen molar-refractivity contribution in [2.24, 2.45) is 5.92 Å². The molecular formula is C19H26BrN3O3. The fraction of sp³-hybridized carbons (Fsp3) is 0.579. The minimum atomic E-state index is -0.208. The summed E-state index contributed by atoms with van der Waals surface area (Å²) >= 11 is 3.46. The van der Waals surface area contributed by atoms with E-state index in [1.54, 1.807) is 12.0 Å². The monoisotopic (exact) mass is 423 g/mol. The Kier molecular flexibility index (Phi) is 6.67. The molecule has 0 spiro atoms. The summed E-state index contributed by atoms with van der Waals surface area (Å²) in [6, 6.07) is 7.95. The topological polar surface area (TPSA) is 53.1 Å². The van der Waals surface area contributed by atoms with Crippen LogP contribution in [0.5, 0.6) is 0 Å². The van der Waals surface area contributed by atoms with Crippen LogP contribution < -0.4 is 0 Å². The lowest BCUT2D eigenvalue weighted by atomic mass is 10.1. The molecule has 0 N–H and O–H groups in total. The van der Waals surface area contributed by atoms with Crippen LogP contribution in [0.2, 0.25) is 0 Å². The van der Waals surface area contributed by atoms with E-state index in [9.17, 15) is 9.59 Å². The minimum Gasteiger partial charge on any atom is -0.383 e. The smallest absolute Gasteiger partial charge is 0.228 e. The second kappa shape index (κ2) is 8.97. The molecule has 0 unspecified atom stereocenters. The molecule has 1 aromatic rings. The van der Waals surface area contributed by atoms with Crippen LogP contribution in [0.3, 0.4) is 0 Å². The van der Waals surface area contributed by atoms with Crippen molar-refractivity contribution < 1.29 is 14.3 Å². The maximum absolute atomic E-state index is 12.8. The van der Waals surface area contributed by atoms with Crippen LogP contribution in [-0.2, 0) is 20.9 Å². The molecule has 3 rings (SSSR count). The van der Waals surface area contributed by atoms with Crippen molar-refractivity contribution in [2.75, 3.05) is 53.0 Å². The summed E-state index contributed by atoms with van der Waals surface area (Å²) < 4.78 is 6.11. The summed E-state index contributed by atoms with van der Waals surface area (Å²) in [5.41, 5.74) is 1.08. The van der Waals surface area contributed by atoms with E-state index >= 15 is 0 Å². The van der Waals surface area contributed by atoms with Gasteiger partial charge < -0.3 is 14.5 Å². The van der Waals surface area contributed by atoms with Crippen molar-refractivity contribution in [1.29, 1.82) is 0 Å². The predicted molar refractivity (Wildman–Crippen MR) is 103 cm³/mol. The highest BCUT2D eigenvalue weighted by atomic mass is 79.9. The number of benzene rings is 1. The molecule has 2 saturated heterocycles. The molecule has 142 valence electrons. The Morgan fingerprint density at radius 2 is 2.04 bits per heavy atom. The van der Waals surface area contributed by atoms with Crippen molar-refractivity contribution in [3.8, 4) is 0 Å². The van der Waals surface area contributed by atoms with Gasteiger partial charge in [0.05, 0.1) is 12.5 Å². The van der Waals surface area contributed by atoms with E-state index < -0.39 is 0 Å². The highest BCUT2D eigenvalue weighted by Crippen LogP contribution is 2.23. The minimum absolute atomic E-state index is 0.0713. The van der Waals surface area contributed by atoms with Crippen molar-refractivity contribution in [1.82, 2.24) is 14.7 Å². The molecule has 2 heterocycles. The lowest BCUT2D eigenvalue weighted by Gasteiger charge is -2.35. The average Bonchev–Trinajstić information content (AvgIpc) is 3.00. The van der Waals surface area contributed by atoms with Crippen molar-refractivity contribution in [3.63, 3.8) is 0 Å². The maximum atomic E-state index is 12.8. The van der Waals surface area contributed by atoms with Crippen molar-refractivity contribution in [2.45, 2.75) is 13.0 Å². The zero-order chi connectivity index (χ0) is 18.5. The fourth-order valence-corrected chi connectivity index (χ4v) is 4.06. The first-order chi connectivity index (χ1) is 12.6. The third-order valence-electron chi connectivity index (χ3n) is 5.12. The zero-order valence-corrected chi connectivity index (χ0v) is 16.8. The van der Waals surface area contributed by atoms with Crippen LogP contribution in [-0.4, -0.2) is 79.5 Å². The molecule has 1 atom stereocenters. The third kappa shape index (κ3) is 4.84. The molecule has 0 saturated carbocycles. The Morgan fingerprint density at radius 3 is 2.73 bits per heavy atom. The first-order valence-electron chi connectivity index (χ1n) is 9.09. The molecule has 7 heteroatoms. The molecule has 2 fully saturated rings. The summed E-state index contributed by atoms with van der Waals surface area (Å²) in [6.45, 7) is 5.92. The van der Waals surface area contributed by atoms with Crippen LogP contribution in [0, 0.1) is 5.92 Å². The molecule has 0 aromatic heterocycles. The van der Waals surface area contributed by atoms with E-state index in [2.05, 4.69) is 20.8 Å². The van der Waals surface area contributed by atoms with Crippen LogP contribution in [0.4, 0.5) is 0 Å². The number of amides is 2. The van der Waals surface area contributed by atoms with Crippen LogP contribution >= 0.6 is 15.9 Å². The van der Waals surface area contributed by atoms with Gasteiger partial charge in [-0.3, -0.25) is 14.5 Å². The van der Waals surface area contributed by atoms with Crippen LogP contribution in [0.25, 0.3) is 0 Å². The molecular weight excluding hydrogens is 398 g/mol. The highest BCUT2D eigenvalue weighted by molar-refractivity contribution is 9.10. The van der Waals surface area contributed by atoms with E-state index in [-0.39, 0.29) is 17.7 Å². The Bertz CT molecular complexity index is 647. The summed E-state index contributed by atoms with van der Waals surface area (Å²) in [7, 11) is 1.71. The van der Waals surface area contributed by atoms with Gasteiger partial charge in [-0.15, -0.1) is 0 Å². The van der Waals surface area contributed by atoms with Gasteiger partial charge in [-0.25, -0.2) is 0 Å². The lowest BCUT2D eigenvalue weighted by molar-refractivity contribution is -0.137. The van der Waals surface area contributed by atoms with Gasteiger partial charge in [0.25, 0.3) is 0 Å². The fourth-order valence-electron chi connectivity index (χ4n) is 3.62. The van der Waals surface area contributed by atoms with Crippen molar-refractivity contribution >= 4 is 27.7 Å². The number of likely N-dealkylation sites (tertiary alicyclic amines) is 1. The number of piperazine rings is 1. The van der Waals surface area contributed by atoms with Gasteiger partial charge in [0.1, 0.15) is 0 Å². The Hall–Kier alpha value is -1.44. The van der Waals surface area contributed by atoms with Crippen LogP contribution in [0.1, 0.15) is 12.0 Å². The number of carbonyl (C=O) groups is 2. The quantitative estimate of drug-likeness (QED) is 0.696. The molecule has 0 aliphatic carbocycles. The van der Waals surface area contributed by atoms with E-state index in [0.717, 1.165) is 49.4 Å². The van der Waals surface area contributed by atoms with E-state index in [1.807, 2.05) is 29.2 Å². The Labute approximate surface area is 163 Å². The SMILES string of the molecule is COCCN1CCN(C(=O)[C@@H]2CC(=O)N(Cc3cccc(Br)c3)C2)CC1. The second-order valence-corrected chi connectivity index (χ2v) is 7.88. The van der Waals surface area contributed by atoms with E-state index in [0.29, 0.717) is 19.5 Å². The Morgan fingerprint density at radius 1 is 1.27 bits per heavy atom. The summed E-state index contributed by atoms with van der Waals surface area (Å²) in [6.07, 6.45) is 0.330. The second-order valence-electron chi connectivity index (χ2n) is 6.96. The van der Waals surface area contributed by atoms with Crippen molar-refractivity contribution in [3.05, 3.63) is 34.3 Å². The maximum Gasteiger partial charge on any atom is 0.228 e. The zero-order valence-electron chi connectivity index (χ0n) is 15.2. The highest BCUT2D eigenvalue weighted by Gasteiger charge is 2.37. The number of hydrogen-bond donors (Lipinski definition) is 0. The largest absolute Gasteiger partial charge is 0.383 e. The molecule has 2 aliphatic heterocycles. The number of hydrogen-bond acceptors (Lipinski definition) is 4. The predicted octanol–water partition coefficient (Wildman–Crippen LogP) is 1.59. The third-order valence-corrected chi connectivity index (χ3v) is 5.62. The average molecular weight is 424 g/mol. The Balaban J connectivity index is 1.51. The summed E-state index contributed by atoms with van der Waals surface area (Å²) in [4.78, 5) is 31.2. The molecule has 2 aliphatic rings. The molecule has 2 amide bonds. The first kappa shape index (κ1) is 19.3. The number of ether oxygens (including phenoxy) is 1. The molecule has 0 radical (unpaired) electrons. The molecule has 6 nitrogen and oxygen atoms in total. The molecule has 26 heavy (non-hydrogen) atoms. The number of rotatable bonds is 6. The standard InChI is InChI=1S/C19H26BrN3O3/c1-26-10-9-21-5-7-22(8-6-21)19(25)16-12-18(24)23(14-16)13-15-3-2-4-17(20)11-15/h2-4,11,16H,5-10,12-14H2,1H3/t16-/m1/s1. The van der Waals surface area contributed by atoms with Crippen LogP contribution in [0.15, 0.2) is 28.7 Å². The van der Waals surface area contributed by atoms with Gasteiger partial charge >= 0.3 is 0 Å². The van der Waals surface area contributed by atoms with Gasteiger partial charge in [0.2, 0.25) is 11.8 Å². The molecule has 1 aromatic carbocycles. The van der Waals surface area contributed by atoms with Gasteiger partial charge in [0, 0.05) is 63.8 Å². The number of methoxy groups -OCH3 is 1. The van der Waals surface area contributed by atoms with E-state index in [4.69, 9.17) is 4.74 Å². The van der Waals surface area contributed by atoms with Gasteiger partial charge in [-0.1, -0.05) is 28.1 Å². The van der Waals surface area contributed by atoms with Gasteiger partial charge in [-0.05, 0) is 17.7 Å². The number of halogens is 1. The lowest BCUT2D eigenvalue weighted by Crippen LogP contribution is -2.51. The number of nitrogens with zero attached hydrogens (tertiary/aromatic N) is 3. The molecule has 0 bridgehead atoms. The summed E-state index contributed by atoms with van der Waals surface area (Å²) in [5, 5.41) is 0. The van der Waals surface area contributed by atoms with Gasteiger partial charge in [0.15, 0.2) is 0 Å². The van der Waals surface area contributed by atoms with E-state index in [1.165, 1.54) is 0 Å².